The number of carbonyl (C=O) groups is 1. The van der Waals surface area contributed by atoms with E-state index in [0.29, 0.717) is 5.92 Å². The summed E-state index contributed by atoms with van der Waals surface area (Å²) in [5.41, 5.74) is 6.49. The number of hydrazone groups is 1. The van der Waals surface area contributed by atoms with E-state index in [1.54, 1.807) is 0 Å². The highest BCUT2D eigenvalue weighted by atomic mass is 16.2. The molecule has 0 aromatic heterocycles. The van der Waals surface area contributed by atoms with Gasteiger partial charge in [0.2, 0.25) is 0 Å². The zero-order valence-corrected chi connectivity index (χ0v) is 12.5. The number of carbonyl (C=O) groups excluding carboxylic acids is 1. The number of hydrogen-bond donors (Lipinski definition) is 2. The first-order valence-corrected chi connectivity index (χ1v) is 7.07. The van der Waals surface area contributed by atoms with E-state index in [2.05, 4.69) is 28.5 Å². The van der Waals surface area contributed by atoms with Crippen molar-refractivity contribution in [1.82, 2.24) is 5.43 Å². The quantitative estimate of drug-likeness (QED) is 0.637. The van der Waals surface area contributed by atoms with Crippen molar-refractivity contribution in [2.24, 2.45) is 11.0 Å². The average molecular weight is 283 g/mol. The van der Waals surface area contributed by atoms with Crippen LogP contribution in [0, 0.1) is 5.92 Å². The number of para-hydroxylation sites is 1. The fourth-order valence-electron chi connectivity index (χ4n) is 2.22. The molecule has 0 unspecified atom stereocenters. The Balaban J connectivity index is 1.96. The van der Waals surface area contributed by atoms with E-state index < -0.39 is 0 Å². The van der Waals surface area contributed by atoms with Crippen molar-refractivity contribution in [2.45, 2.75) is 26.7 Å². The molecule has 0 heterocycles. The van der Waals surface area contributed by atoms with E-state index in [1.807, 2.05) is 44.2 Å². The molecule has 4 nitrogen and oxygen atoms in total. The minimum atomic E-state index is -0.334. The van der Waals surface area contributed by atoms with Crippen LogP contribution in [0.3, 0.4) is 0 Å². The first-order valence-electron chi connectivity index (χ1n) is 7.07. The van der Waals surface area contributed by atoms with Gasteiger partial charge in [-0.3, -0.25) is 0 Å². The van der Waals surface area contributed by atoms with Gasteiger partial charge >= 0.3 is 6.03 Å². The molecule has 0 radical (unpaired) electrons. The van der Waals surface area contributed by atoms with Gasteiger partial charge < -0.3 is 5.32 Å². The van der Waals surface area contributed by atoms with Crippen LogP contribution in [-0.4, -0.2) is 11.7 Å². The van der Waals surface area contributed by atoms with Gasteiger partial charge in [-0.05, 0) is 50.3 Å². The van der Waals surface area contributed by atoms with E-state index in [1.165, 1.54) is 0 Å². The largest absolute Gasteiger partial charge is 0.339 e. The van der Waals surface area contributed by atoms with E-state index in [0.717, 1.165) is 35.4 Å². The lowest BCUT2D eigenvalue weighted by Crippen LogP contribution is -2.27. The van der Waals surface area contributed by atoms with Crippen molar-refractivity contribution < 1.29 is 4.79 Å². The second-order valence-electron chi connectivity index (χ2n) is 5.36. The molecular formula is C17H21N3O. The molecule has 4 heteroatoms. The number of benzene rings is 1. The minimum absolute atomic E-state index is 0.334. The van der Waals surface area contributed by atoms with Crippen molar-refractivity contribution in [1.29, 1.82) is 0 Å². The molecule has 0 saturated carbocycles. The monoisotopic (exact) mass is 283 g/mol. The number of allylic oxidation sites excluding steroid dienone is 3. The predicted octanol–water partition coefficient (Wildman–Crippen LogP) is 4.10. The number of hydrogen-bond acceptors (Lipinski definition) is 2. The summed E-state index contributed by atoms with van der Waals surface area (Å²) in [7, 11) is 0. The Kier molecular flexibility index (Phi) is 4.93. The molecule has 0 fully saturated rings. The summed E-state index contributed by atoms with van der Waals surface area (Å²) in [5, 5.41) is 6.97. The molecule has 0 saturated heterocycles. The van der Waals surface area contributed by atoms with Crippen LogP contribution < -0.4 is 10.7 Å². The highest BCUT2D eigenvalue weighted by Crippen LogP contribution is 2.26. The summed E-state index contributed by atoms with van der Waals surface area (Å²) in [5.74, 6) is 0.409. The number of urea groups is 1. The number of anilines is 1. The zero-order chi connectivity index (χ0) is 15.2. The van der Waals surface area contributed by atoms with Crippen LogP contribution in [0.1, 0.15) is 26.7 Å². The second kappa shape index (κ2) is 6.88. The van der Waals surface area contributed by atoms with Gasteiger partial charge in [-0.1, -0.05) is 36.4 Å². The van der Waals surface area contributed by atoms with Gasteiger partial charge in [0.1, 0.15) is 0 Å². The number of nitrogens with one attached hydrogen (secondary N) is 2. The van der Waals surface area contributed by atoms with Crippen LogP contribution >= 0.6 is 0 Å². The highest BCUT2D eigenvalue weighted by Gasteiger charge is 2.18. The summed E-state index contributed by atoms with van der Waals surface area (Å²) in [6.45, 7) is 8.06. The maximum Gasteiger partial charge on any atom is 0.339 e. The van der Waals surface area contributed by atoms with Crippen LogP contribution in [0.25, 0.3) is 0 Å². The summed E-state index contributed by atoms with van der Waals surface area (Å²) < 4.78 is 0. The van der Waals surface area contributed by atoms with Crippen molar-refractivity contribution in [3.8, 4) is 0 Å². The topological polar surface area (TPSA) is 53.5 Å². The Morgan fingerprint density at radius 1 is 1.33 bits per heavy atom. The third kappa shape index (κ3) is 4.31. The summed E-state index contributed by atoms with van der Waals surface area (Å²) in [4.78, 5) is 11.8. The third-order valence-corrected chi connectivity index (χ3v) is 3.62. The SMILES string of the molecule is C=C(C)[C@@H]1CC=C(C)/C(=N\NC(=O)Nc2ccccc2)C1. The smallest absolute Gasteiger partial charge is 0.307 e. The average Bonchev–Trinajstić information content (AvgIpc) is 2.47. The number of rotatable bonds is 3. The molecule has 2 rings (SSSR count). The van der Waals surface area contributed by atoms with Crippen LogP contribution in [0.5, 0.6) is 0 Å². The molecule has 2 amide bonds. The van der Waals surface area contributed by atoms with Crippen LogP contribution in [-0.2, 0) is 0 Å². The number of amides is 2. The Morgan fingerprint density at radius 2 is 2.05 bits per heavy atom. The lowest BCUT2D eigenvalue weighted by molar-refractivity contribution is 0.252. The molecule has 1 atom stereocenters. The zero-order valence-electron chi connectivity index (χ0n) is 12.5. The Bertz CT molecular complexity index is 587. The van der Waals surface area contributed by atoms with Gasteiger partial charge in [-0.15, -0.1) is 0 Å². The fourth-order valence-corrected chi connectivity index (χ4v) is 2.22. The highest BCUT2D eigenvalue weighted by molar-refractivity contribution is 6.01. The van der Waals surface area contributed by atoms with Gasteiger partial charge in [0.05, 0.1) is 5.71 Å². The lowest BCUT2D eigenvalue weighted by atomic mass is 9.85. The summed E-state index contributed by atoms with van der Waals surface area (Å²) in [6.07, 6.45) is 3.97. The standard InChI is InChI=1S/C17H21N3O/c1-12(2)14-10-9-13(3)16(11-14)19-20-17(21)18-15-7-5-4-6-8-15/h4-9,14H,1,10-11H2,2-3H3,(H2,18,20,21)/b19-16-/t14-/m1/s1. The molecule has 1 aliphatic rings. The van der Waals surface area contributed by atoms with Crippen LogP contribution in [0.15, 0.2) is 59.2 Å². The van der Waals surface area contributed by atoms with E-state index in [9.17, 15) is 4.79 Å². The van der Waals surface area contributed by atoms with E-state index >= 15 is 0 Å². The molecule has 110 valence electrons. The van der Waals surface area contributed by atoms with Crippen LogP contribution in [0.2, 0.25) is 0 Å². The molecule has 1 aromatic rings. The third-order valence-electron chi connectivity index (χ3n) is 3.62. The van der Waals surface area contributed by atoms with Crippen LogP contribution in [0.4, 0.5) is 10.5 Å². The lowest BCUT2D eigenvalue weighted by Gasteiger charge is -2.22. The van der Waals surface area contributed by atoms with Gasteiger partial charge in [0.15, 0.2) is 0 Å². The van der Waals surface area contributed by atoms with Crippen molar-refractivity contribution in [3.63, 3.8) is 0 Å². The van der Waals surface area contributed by atoms with Gasteiger partial charge in [0, 0.05) is 5.69 Å². The molecule has 2 N–H and O–H groups in total. The van der Waals surface area contributed by atoms with Gasteiger partial charge in [-0.25, -0.2) is 10.2 Å². The Labute approximate surface area is 125 Å². The molecule has 1 aromatic carbocycles. The summed E-state index contributed by atoms with van der Waals surface area (Å²) in [6, 6.07) is 8.96. The van der Waals surface area contributed by atoms with Crippen molar-refractivity contribution in [3.05, 3.63) is 54.1 Å². The van der Waals surface area contributed by atoms with Crippen molar-refractivity contribution >= 4 is 17.4 Å². The molecule has 0 spiro atoms. The first-order chi connectivity index (χ1) is 10.1. The summed E-state index contributed by atoms with van der Waals surface area (Å²) >= 11 is 0. The predicted molar refractivity (Wildman–Crippen MR) is 87.3 cm³/mol. The van der Waals surface area contributed by atoms with E-state index in [4.69, 9.17) is 0 Å². The molecule has 21 heavy (non-hydrogen) atoms. The second-order valence-corrected chi connectivity index (χ2v) is 5.36. The molecular weight excluding hydrogens is 262 g/mol. The van der Waals surface area contributed by atoms with Crippen molar-refractivity contribution in [2.75, 3.05) is 5.32 Å². The minimum Gasteiger partial charge on any atom is -0.307 e. The maximum atomic E-state index is 11.8. The molecule has 1 aliphatic carbocycles. The van der Waals surface area contributed by atoms with E-state index in [-0.39, 0.29) is 6.03 Å². The van der Waals surface area contributed by atoms with Gasteiger partial charge in [0.25, 0.3) is 0 Å². The number of nitrogens with zero attached hydrogens (tertiary/aromatic N) is 1. The fraction of sp³-hybridized carbons (Fsp3) is 0.294. The first kappa shape index (κ1) is 15.0. The maximum absolute atomic E-state index is 11.8. The van der Waals surface area contributed by atoms with Gasteiger partial charge in [-0.2, -0.15) is 5.10 Å². The Morgan fingerprint density at radius 3 is 2.71 bits per heavy atom. The molecule has 0 bridgehead atoms. The Hall–Kier alpha value is -2.36. The normalized spacial score (nSPS) is 19.8. The molecule has 0 aliphatic heterocycles.